The fourth-order valence-electron chi connectivity index (χ4n) is 4.92. The van der Waals surface area contributed by atoms with Crippen molar-refractivity contribution >= 4 is 35.2 Å². The monoisotopic (exact) mass is 537 g/mol. The summed E-state index contributed by atoms with van der Waals surface area (Å²) >= 11 is 0. The Balaban J connectivity index is 1.29. The Bertz CT molecular complexity index is 1160. The van der Waals surface area contributed by atoms with E-state index in [0.29, 0.717) is 57.0 Å². The summed E-state index contributed by atoms with van der Waals surface area (Å²) in [5.74, 6) is -1.08. The molecule has 2 saturated heterocycles. The van der Waals surface area contributed by atoms with E-state index in [0.717, 1.165) is 11.1 Å². The molecule has 11 nitrogen and oxygen atoms in total. The largest absolute Gasteiger partial charge is 0.481 e. The van der Waals surface area contributed by atoms with Gasteiger partial charge in [0.1, 0.15) is 6.04 Å². The number of aliphatic carboxylic acids is 1. The standard InChI is InChI=1S/C28H35N5O6/c29-17-21-3-7-23(8-4-21)31-28(38)30-22-5-1-19(2-6-22)15-25(34)33-13-14-39-18-24(33)27(37)32-11-9-20(10-12-32)16-26(35)36/h1-8,20,24H,9-18,29H2,(H,35,36)(H2,30,31,38). The summed E-state index contributed by atoms with van der Waals surface area (Å²) in [4.78, 5) is 53.1. The average molecular weight is 538 g/mol. The molecule has 1 atom stereocenters. The van der Waals surface area contributed by atoms with Crippen molar-refractivity contribution in [3.05, 3.63) is 59.7 Å². The lowest BCUT2D eigenvalue weighted by molar-refractivity contribution is -0.154. The molecular formula is C28H35N5O6. The van der Waals surface area contributed by atoms with Crippen molar-refractivity contribution in [3.63, 3.8) is 0 Å². The number of carbonyl (C=O) groups is 4. The van der Waals surface area contributed by atoms with Crippen LogP contribution >= 0.6 is 0 Å². The summed E-state index contributed by atoms with van der Waals surface area (Å²) in [6, 6.07) is 13.2. The van der Waals surface area contributed by atoms with Gasteiger partial charge in [0.15, 0.2) is 0 Å². The molecule has 0 radical (unpaired) electrons. The van der Waals surface area contributed by atoms with E-state index in [2.05, 4.69) is 10.6 Å². The Morgan fingerprint density at radius 2 is 1.49 bits per heavy atom. The predicted molar refractivity (Wildman–Crippen MR) is 145 cm³/mol. The van der Waals surface area contributed by atoms with Crippen molar-refractivity contribution in [2.45, 2.75) is 38.3 Å². The van der Waals surface area contributed by atoms with Gasteiger partial charge in [0, 0.05) is 44.0 Å². The van der Waals surface area contributed by atoms with E-state index in [1.165, 1.54) is 0 Å². The number of urea groups is 1. The maximum atomic E-state index is 13.2. The Labute approximate surface area is 227 Å². The molecule has 0 spiro atoms. The number of ether oxygens (including phenoxy) is 1. The number of benzene rings is 2. The number of nitrogens with one attached hydrogen (secondary N) is 2. The van der Waals surface area contributed by atoms with Crippen molar-refractivity contribution in [1.29, 1.82) is 0 Å². The van der Waals surface area contributed by atoms with Gasteiger partial charge in [-0.3, -0.25) is 14.4 Å². The lowest BCUT2D eigenvalue weighted by Crippen LogP contribution is -2.58. The van der Waals surface area contributed by atoms with Crippen LogP contribution < -0.4 is 16.4 Å². The molecule has 11 heteroatoms. The molecule has 2 aliphatic rings. The van der Waals surface area contributed by atoms with Crippen molar-refractivity contribution in [1.82, 2.24) is 9.80 Å². The van der Waals surface area contributed by atoms with Crippen molar-refractivity contribution in [2.75, 3.05) is 43.5 Å². The average Bonchev–Trinajstić information content (AvgIpc) is 2.94. The summed E-state index contributed by atoms with van der Waals surface area (Å²) in [6.45, 7) is 2.23. The Morgan fingerprint density at radius 1 is 0.897 bits per heavy atom. The highest BCUT2D eigenvalue weighted by molar-refractivity contribution is 5.99. The van der Waals surface area contributed by atoms with E-state index in [1.54, 1.807) is 46.2 Å². The maximum Gasteiger partial charge on any atom is 0.323 e. The van der Waals surface area contributed by atoms with Gasteiger partial charge in [0.2, 0.25) is 11.8 Å². The lowest BCUT2D eigenvalue weighted by Gasteiger charge is -2.39. The van der Waals surface area contributed by atoms with Gasteiger partial charge < -0.3 is 36.0 Å². The molecule has 39 heavy (non-hydrogen) atoms. The highest BCUT2D eigenvalue weighted by Crippen LogP contribution is 2.23. The normalized spacial score (nSPS) is 17.9. The fraction of sp³-hybridized carbons (Fsp3) is 0.429. The van der Waals surface area contributed by atoms with Crippen LogP contribution in [0.3, 0.4) is 0 Å². The number of nitrogens with zero attached hydrogens (tertiary/aromatic N) is 2. The van der Waals surface area contributed by atoms with Crippen LogP contribution in [0.4, 0.5) is 16.2 Å². The number of carboxylic acids is 1. The zero-order valence-electron chi connectivity index (χ0n) is 21.8. The number of hydrogen-bond acceptors (Lipinski definition) is 6. The third-order valence-corrected chi connectivity index (χ3v) is 7.14. The first-order valence-corrected chi connectivity index (χ1v) is 13.2. The smallest absolute Gasteiger partial charge is 0.323 e. The van der Waals surface area contributed by atoms with E-state index in [-0.39, 0.29) is 43.2 Å². The molecular weight excluding hydrogens is 502 g/mol. The summed E-state index contributed by atoms with van der Waals surface area (Å²) in [5.41, 5.74) is 8.54. The number of carboxylic acid groups (broad SMARTS) is 1. The predicted octanol–water partition coefficient (Wildman–Crippen LogP) is 2.27. The van der Waals surface area contributed by atoms with Crippen LogP contribution in [0.25, 0.3) is 0 Å². The van der Waals surface area contributed by atoms with Gasteiger partial charge in [0.25, 0.3) is 0 Å². The van der Waals surface area contributed by atoms with Crippen LogP contribution in [0, 0.1) is 5.92 Å². The van der Waals surface area contributed by atoms with Gasteiger partial charge in [-0.1, -0.05) is 24.3 Å². The molecule has 4 rings (SSSR count). The first-order chi connectivity index (χ1) is 18.8. The molecule has 2 aromatic rings. The van der Waals surface area contributed by atoms with E-state index in [4.69, 9.17) is 15.6 Å². The third kappa shape index (κ3) is 7.78. The molecule has 0 aromatic heterocycles. The van der Waals surface area contributed by atoms with Crippen molar-refractivity contribution in [3.8, 4) is 0 Å². The molecule has 0 bridgehead atoms. The van der Waals surface area contributed by atoms with Gasteiger partial charge in [-0.05, 0) is 54.2 Å². The van der Waals surface area contributed by atoms with E-state index in [9.17, 15) is 19.2 Å². The molecule has 2 fully saturated rings. The van der Waals surface area contributed by atoms with Crippen LogP contribution in [0.5, 0.6) is 0 Å². The zero-order valence-corrected chi connectivity index (χ0v) is 21.8. The van der Waals surface area contributed by atoms with Gasteiger partial charge in [-0.2, -0.15) is 0 Å². The van der Waals surface area contributed by atoms with Crippen LogP contribution in [0.1, 0.15) is 30.4 Å². The second-order valence-electron chi connectivity index (χ2n) is 9.90. The molecule has 4 amide bonds. The second kappa shape index (κ2) is 13.2. The number of rotatable bonds is 8. The van der Waals surface area contributed by atoms with Crippen molar-refractivity contribution in [2.24, 2.45) is 11.7 Å². The Hall–Kier alpha value is -3.96. The minimum absolute atomic E-state index is 0.0679. The molecule has 5 N–H and O–H groups in total. The molecule has 1 unspecified atom stereocenters. The fourth-order valence-corrected chi connectivity index (χ4v) is 4.92. The zero-order chi connectivity index (χ0) is 27.8. The molecule has 208 valence electrons. The molecule has 2 heterocycles. The molecule has 0 saturated carbocycles. The SMILES string of the molecule is NCc1ccc(NC(=O)Nc2ccc(CC(=O)N3CCOCC3C(=O)N3CCC(CC(=O)O)CC3)cc2)cc1. The van der Waals surface area contributed by atoms with Gasteiger partial charge in [-0.15, -0.1) is 0 Å². The molecule has 2 aromatic carbocycles. The first-order valence-electron chi connectivity index (χ1n) is 13.2. The Kier molecular flexibility index (Phi) is 9.50. The summed E-state index contributed by atoms with van der Waals surface area (Å²) in [5, 5.41) is 14.5. The van der Waals surface area contributed by atoms with Gasteiger partial charge >= 0.3 is 12.0 Å². The molecule has 0 aliphatic carbocycles. The Morgan fingerprint density at radius 3 is 2.05 bits per heavy atom. The summed E-state index contributed by atoms with van der Waals surface area (Å²) < 4.78 is 5.53. The number of piperidine rings is 1. The lowest BCUT2D eigenvalue weighted by atomic mass is 9.93. The van der Waals surface area contributed by atoms with Crippen LogP contribution in [0.2, 0.25) is 0 Å². The number of amides is 4. The van der Waals surface area contributed by atoms with Crippen LogP contribution in [-0.4, -0.2) is 77.6 Å². The number of morpholine rings is 1. The van der Waals surface area contributed by atoms with E-state index in [1.807, 2.05) is 12.1 Å². The van der Waals surface area contributed by atoms with Crippen molar-refractivity contribution < 1.29 is 29.0 Å². The quantitative estimate of drug-likeness (QED) is 0.403. The summed E-state index contributed by atoms with van der Waals surface area (Å²) in [7, 11) is 0. The van der Waals surface area contributed by atoms with Gasteiger partial charge in [0.05, 0.1) is 19.6 Å². The number of hydrogen-bond donors (Lipinski definition) is 4. The third-order valence-electron chi connectivity index (χ3n) is 7.14. The van der Waals surface area contributed by atoms with E-state index < -0.39 is 12.0 Å². The first kappa shape index (κ1) is 28.1. The molecule has 2 aliphatic heterocycles. The number of nitrogens with two attached hydrogens (primary N) is 1. The maximum absolute atomic E-state index is 13.2. The highest BCUT2D eigenvalue weighted by Gasteiger charge is 2.36. The number of anilines is 2. The second-order valence-corrected chi connectivity index (χ2v) is 9.90. The number of likely N-dealkylation sites (tertiary alicyclic amines) is 1. The topological polar surface area (TPSA) is 154 Å². The minimum Gasteiger partial charge on any atom is -0.481 e. The summed E-state index contributed by atoms with van der Waals surface area (Å²) in [6.07, 6.45) is 1.50. The number of carbonyl (C=O) groups excluding carboxylic acids is 3. The van der Waals surface area contributed by atoms with Crippen LogP contribution in [0.15, 0.2) is 48.5 Å². The van der Waals surface area contributed by atoms with E-state index >= 15 is 0 Å². The highest BCUT2D eigenvalue weighted by atomic mass is 16.5. The van der Waals surface area contributed by atoms with Crippen LogP contribution in [-0.2, 0) is 32.1 Å². The minimum atomic E-state index is -0.821. The van der Waals surface area contributed by atoms with Gasteiger partial charge in [-0.25, -0.2) is 4.79 Å².